The van der Waals surface area contributed by atoms with E-state index in [2.05, 4.69) is 15.6 Å². The van der Waals surface area contributed by atoms with Crippen LogP contribution in [-0.4, -0.2) is 47.0 Å². The molecular weight excluding hydrogens is 567 g/mol. The van der Waals surface area contributed by atoms with Crippen LogP contribution in [0.25, 0.3) is 10.9 Å². The molecule has 7 rings (SSSR count). The van der Waals surface area contributed by atoms with Crippen LogP contribution in [0.4, 0.5) is 15.8 Å². The molecule has 2 saturated heterocycles. The number of rotatable bonds is 6. The minimum atomic E-state index is -0.546. The molecule has 0 bridgehead atoms. The highest BCUT2D eigenvalue weighted by atomic mass is 19.1. The van der Waals surface area contributed by atoms with Crippen LogP contribution in [0.15, 0.2) is 79.0 Å². The number of halogens is 1. The molecule has 0 radical (unpaired) electrons. The summed E-state index contributed by atoms with van der Waals surface area (Å²) in [6.45, 7) is 3.27. The van der Waals surface area contributed by atoms with Gasteiger partial charge in [-0.05, 0) is 98.5 Å². The van der Waals surface area contributed by atoms with Crippen LogP contribution in [0.2, 0.25) is 0 Å². The summed E-state index contributed by atoms with van der Waals surface area (Å²) in [7, 11) is 0. The van der Waals surface area contributed by atoms with E-state index in [4.69, 9.17) is 4.74 Å². The highest BCUT2D eigenvalue weighted by molar-refractivity contribution is 5.99. The molecular formula is C37H39FN4O3. The number of amides is 2. The Morgan fingerprint density at radius 3 is 2.53 bits per heavy atom. The quantitative estimate of drug-likeness (QED) is 0.241. The minimum absolute atomic E-state index is 0.0580. The van der Waals surface area contributed by atoms with E-state index < -0.39 is 17.8 Å². The van der Waals surface area contributed by atoms with E-state index >= 15 is 4.39 Å². The highest BCUT2D eigenvalue weighted by Crippen LogP contribution is 2.49. The molecule has 3 aromatic carbocycles. The van der Waals surface area contributed by atoms with Crippen molar-refractivity contribution in [2.45, 2.75) is 63.6 Å². The lowest BCUT2D eigenvalue weighted by atomic mass is 9.76. The zero-order valence-electron chi connectivity index (χ0n) is 25.5. The number of carbonyl (C=O) groups excluding carboxylic acids is 2. The van der Waals surface area contributed by atoms with Crippen LogP contribution in [0.5, 0.6) is 0 Å². The van der Waals surface area contributed by atoms with E-state index in [1.165, 1.54) is 6.07 Å². The molecule has 4 atom stereocenters. The van der Waals surface area contributed by atoms with Gasteiger partial charge >= 0.3 is 0 Å². The summed E-state index contributed by atoms with van der Waals surface area (Å²) in [5.74, 6) is -1.35. The second kappa shape index (κ2) is 12.6. The first-order valence-corrected chi connectivity index (χ1v) is 16.1. The molecule has 3 fully saturated rings. The van der Waals surface area contributed by atoms with Gasteiger partial charge < -0.3 is 20.3 Å². The molecule has 4 unspecified atom stereocenters. The van der Waals surface area contributed by atoms with Crippen molar-refractivity contribution in [2.75, 3.05) is 23.8 Å². The van der Waals surface area contributed by atoms with Crippen LogP contribution < -0.4 is 10.6 Å². The Labute approximate surface area is 263 Å². The van der Waals surface area contributed by atoms with E-state index in [1.807, 2.05) is 59.5 Å². The Morgan fingerprint density at radius 1 is 0.933 bits per heavy atom. The number of aromatic nitrogens is 1. The minimum Gasteiger partial charge on any atom is -0.382 e. The van der Waals surface area contributed by atoms with Crippen LogP contribution in [0.3, 0.4) is 0 Å². The summed E-state index contributed by atoms with van der Waals surface area (Å²) in [5, 5.41) is 7.71. The number of nitrogens with one attached hydrogen (secondary N) is 2. The number of carbonyl (C=O) groups is 2. The van der Waals surface area contributed by atoms with Gasteiger partial charge in [-0.25, -0.2) is 4.39 Å². The first-order valence-electron chi connectivity index (χ1n) is 16.1. The van der Waals surface area contributed by atoms with Crippen molar-refractivity contribution in [3.63, 3.8) is 0 Å². The third-order valence-corrected chi connectivity index (χ3v) is 9.94. The van der Waals surface area contributed by atoms with Gasteiger partial charge in [-0.3, -0.25) is 14.6 Å². The van der Waals surface area contributed by atoms with Crippen molar-refractivity contribution in [2.24, 2.45) is 11.8 Å². The van der Waals surface area contributed by atoms with Crippen molar-refractivity contribution in [3.8, 4) is 0 Å². The summed E-state index contributed by atoms with van der Waals surface area (Å²) in [6.07, 6.45) is 7.07. The molecule has 45 heavy (non-hydrogen) atoms. The smallest absolute Gasteiger partial charge is 0.257 e. The fourth-order valence-electron chi connectivity index (χ4n) is 7.71. The second-order valence-electron chi connectivity index (χ2n) is 12.7. The Bertz CT molecular complexity index is 1680. The molecule has 1 aromatic heterocycles. The van der Waals surface area contributed by atoms with E-state index in [-0.39, 0.29) is 29.3 Å². The summed E-state index contributed by atoms with van der Waals surface area (Å²) in [6, 6.07) is 22.2. The highest BCUT2D eigenvalue weighted by Gasteiger charge is 2.50. The van der Waals surface area contributed by atoms with Crippen molar-refractivity contribution in [1.29, 1.82) is 0 Å². The predicted molar refractivity (Wildman–Crippen MR) is 174 cm³/mol. The van der Waals surface area contributed by atoms with Gasteiger partial charge in [0.2, 0.25) is 5.91 Å². The number of hydrogen-bond acceptors (Lipinski definition) is 5. The normalized spacial score (nSPS) is 23.5. The van der Waals surface area contributed by atoms with Gasteiger partial charge in [0.15, 0.2) is 0 Å². The van der Waals surface area contributed by atoms with Gasteiger partial charge in [-0.2, -0.15) is 0 Å². The first kappa shape index (κ1) is 29.4. The number of fused-ring (bicyclic) bond motifs is 2. The van der Waals surface area contributed by atoms with Gasteiger partial charge in [-0.1, -0.05) is 36.8 Å². The molecule has 7 nitrogen and oxygen atoms in total. The SMILES string of the molecule is Cc1cccc(F)c1C(=O)N1C2CCCC2CC(C(=O)Nc2ccc3ncccc3c2)C1c1ccc(NC2CCOCC2)cc1. The monoisotopic (exact) mass is 606 g/mol. The molecule has 2 N–H and O–H groups in total. The lowest BCUT2D eigenvalue weighted by molar-refractivity contribution is -0.125. The number of piperidine rings is 1. The van der Waals surface area contributed by atoms with E-state index in [9.17, 15) is 9.59 Å². The zero-order chi connectivity index (χ0) is 30.9. The molecule has 2 aliphatic heterocycles. The zero-order valence-corrected chi connectivity index (χ0v) is 25.5. The van der Waals surface area contributed by atoms with Gasteiger partial charge in [0.05, 0.1) is 23.0 Å². The number of hydrogen-bond donors (Lipinski definition) is 2. The lowest BCUT2D eigenvalue weighted by Crippen LogP contribution is -2.54. The number of ether oxygens (including phenoxy) is 1. The topological polar surface area (TPSA) is 83.6 Å². The van der Waals surface area contributed by atoms with Crippen LogP contribution in [0.1, 0.15) is 66.1 Å². The molecule has 3 heterocycles. The van der Waals surface area contributed by atoms with Gasteiger partial charge in [-0.15, -0.1) is 0 Å². The average Bonchev–Trinajstić information content (AvgIpc) is 3.53. The van der Waals surface area contributed by atoms with Gasteiger partial charge in [0.25, 0.3) is 5.91 Å². The fourth-order valence-corrected chi connectivity index (χ4v) is 7.71. The third-order valence-electron chi connectivity index (χ3n) is 9.94. The number of likely N-dealkylation sites (tertiary alicyclic amines) is 1. The van der Waals surface area contributed by atoms with Crippen LogP contribution >= 0.6 is 0 Å². The Hall–Kier alpha value is -4.30. The number of benzene rings is 3. The van der Waals surface area contributed by atoms with Crippen LogP contribution in [0, 0.1) is 24.6 Å². The molecule has 1 aliphatic carbocycles. The Morgan fingerprint density at radius 2 is 1.73 bits per heavy atom. The molecule has 2 amide bonds. The van der Waals surface area contributed by atoms with Gasteiger partial charge in [0, 0.05) is 48.3 Å². The summed E-state index contributed by atoms with van der Waals surface area (Å²) in [4.78, 5) is 35.0. The van der Waals surface area contributed by atoms with Gasteiger partial charge in [0.1, 0.15) is 5.82 Å². The largest absolute Gasteiger partial charge is 0.382 e. The molecule has 1 saturated carbocycles. The third kappa shape index (κ3) is 5.91. The number of pyridine rings is 1. The summed E-state index contributed by atoms with van der Waals surface area (Å²) < 4.78 is 20.8. The summed E-state index contributed by atoms with van der Waals surface area (Å²) >= 11 is 0. The maximum absolute atomic E-state index is 15.3. The number of anilines is 2. The molecule has 8 heteroatoms. The summed E-state index contributed by atoms with van der Waals surface area (Å²) in [5.41, 5.74) is 4.10. The van der Waals surface area contributed by atoms with E-state index in [1.54, 1.807) is 25.3 Å². The Kier molecular flexibility index (Phi) is 8.23. The van der Waals surface area contributed by atoms with Crippen LogP contribution in [-0.2, 0) is 9.53 Å². The molecule has 3 aliphatic rings. The van der Waals surface area contributed by atoms with Crippen molar-refractivity contribution < 1.29 is 18.7 Å². The number of aryl methyl sites for hydroxylation is 1. The molecule has 4 aromatic rings. The maximum Gasteiger partial charge on any atom is 0.257 e. The second-order valence-corrected chi connectivity index (χ2v) is 12.7. The Balaban J connectivity index is 1.26. The predicted octanol–water partition coefficient (Wildman–Crippen LogP) is 7.28. The first-order chi connectivity index (χ1) is 22.0. The van der Waals surface area contributed by atoms with E-state index in [0.717, 1.165) is 67.5 Å². The molecule has 0 spiro atoms. The molecule has 232 valence electrons. The van der Waals surface area contributed by atoms with Crippen molar-refractivity contribution in [1.82, 2.24) is 9.88 Å². The fraction of sp³-hybridized carbons (Fsp3) is 0.378. The average molecular weight is 607 g/mol. The number of nitrogens with zero attached hydrogens (tertiary/aromatic N) is 2. The lowest BCUT2D eigenvalue weighted by Gasteiger charge is -2.48. The maximum atomic E-state index is 15.3. The van der Waals surface area contributed by atoms with Crippen molar-refractivity contribution in [3.05, 3.63) is 102 Å². The van der Waals surface area contributed by atoms with E-state index in [0.29, 0.717) is 23.7 Å². The van der Waals surface area contributed by atoms with Crippen molar-refractivity contribution >= 4 is 34.1 Å². The standard InChI is InChI=1S/C37H39FN4O3/c1-23-5-2-8-31(38)34(23)37(44)42-33-9-3-6-26(33)22-30(36(43)41-29-14-15-32-25(21-29)7-4-18-39-32)35(42)24-10-12-27(13-11-24)40-28-16-19-45-20-17-28/h2,4-5,7-8,10-15,18,21,26,28,30,33,35,40H,3,6,9,16-17,19-20,22H2,1H3,(H,41,43).